The second-order valence-corrected chi connectivity index (χ2v) is 7.66. The van der Waals surface area contributed by atoms with Gasteiger partial charge in [0.1, 0.15) is 0 Å². The molecule has 0 saturated heterocycles. The molecule has 3 aromatic rings. The highest BCUT2D eigenvalue weighted by atomic mass is 16.3. The Morgan fingerprint density at radius 3 is 2.28 bits per heavy atom. The van der Waals surface area contributed by atoms with E-state index in [-0.39, 0.29) is 37.3 Å². The van der Waals surface area contributed by atoms with E-state index in [9.17, 15) is 10.2 Å². The summed E-state index contributed by atoms with van der Waals surface area (Å²) in [7, 11) is 0. The second-order valence-electron chi connectivity index (χ2n) is 7.66. The number of aliphatic hydroxyl groups excluding tert-OH is 2. The molecule has 2 aromatic heterocycles. The highest BCUT2D eigenvalue weighted by Gasteiger charge is 2.21. The van der Waals surface area contributed by atoms with E-state index in [4.69, 9.17) is 0 Å². The zero-order valence-corrected chi connectivity index (χ0v) is 17.2. The topological polar surface area (TPSA) is 121 Å². The van der Waals surface area contributed by atoms with Crippen LogP contribution in [0.5, 0.6) is 0 Å². The lowest BCUT2D eigenvalue weighted by molar-refractivity contribution is 0.248. The summed E-state index contributed by atoms with van der Waals surface area (Å²) in [5.74, 6) is 1.05. The van der Waals surface area contributed by atoms with Crippen molar-refractivity contribution in [1.82, 2.24) is 25.0 Å². The number of aromatic nitrogens is 5. The summed E-state index contributed by atoms with van der Waals surface area (Å²) in [5.41, 5.74) is 2.05. The van der Waals surface area contributed by atoms with Gasteiger partial charge in [-0.1, -0.05) is 49.4 Å². The lowest BCUT2D eigenvalue weighted by Gasteiger charge is -2.21. The third-order valence-electron chi connectivity index (χ3n) is 4.82. The van der Waals surface area contributed by atoms with Crippen LogP contribution in [0.15, 0.2) is 30.3 Å². The smallest absolute Gasteiger partial charge is 0.227 e. The molecule has 1 unspecified atom stereocenters. The number of benzene rings is 1. The van der Waals surface area contributed by atoms with Crippen molar-refractivity contribution in [2.24, 2.45) is 5.92 Å². The van der Waals surface area contributed by atoms with Gasteiger partial charge in [0.25, 0.3) is 0 Å². The number of anilines is 2. The number of nitrogens with one attached hydrogen (secondary N) is 2. The van der Waals surface area contributed by atoms with E-state index in [0.29, 0.717) is 22.9 Å². The van der Waals surface area contributed by atoms with E-state index in [1.165, 1.54) is 0 Å². The Kier molecular flexibility index (Phi) is 6.60. The number of hydrogen-bond acceptors (Lipinski definition) is 8. The molecule has 9 heteroatoms. The Morgan fingerprint density at radius 1 is 0.966 bits per heavy atom. The van der Waals surface area contributed by atoms with Crippen LogP contribution in [-0.2, 0) is 0 Å². The molecule has 2 atom stereocenters. The molecule has 9 nitrogen and oxygen atoms in total. The summed E-state index contributed by atoms with van der Waals surface area (Å²) >= 11 is 0. The van der Waals surface area contributed by atoms with Gasteiger partial charge in [-0.15, -0.1) is 5.10 Å². The van der Waals surface area contributed by atoms with Crippen molar-refractivity contribution in [1.29, 1.82) is 0 Å². The molecule has 156 valence electrons. The minimum absolute atomic E-state index is 0.0349. The molecule has 1 aromatic carbocycles. The Morgan fingerprint density at radius 2 is 1.69 bits per heavy atom. The second kappa shape index (κ2) is 9.15. The molecule has 0 fully saturated rings. The normalized spacial score (nSPS) is 13.8. The number of hydrogen-bond donors (Lipinski definition) is 4. The summed E-state index contributed by atoms with van der Waals surface area (Å²) in [6.45, 7) is 7.89. The van der Waals surface area contributed by atoms with E-state index < -0.39 is 0 Å². The first kappa shape index (κ1) is 20.9. The third kappa shape index (κ3) is 4.63. The Balaban J connectivity index is 2.04. The van der Waals surface area contributed by atoms with Crippen molar-refractivity contribution >= 4 is 22.9 Å². The van der Waals surface area contributed by atoms with Crippen LogP contribution >= 0.6 is 0 Å². The van der Waals surface area contributed by atoms with Gasteiger partial charge in [0.2, 0.25) is 5.95 Å². The SMILES string of the molecule is CC(C)C(CO)Nc1nc(N[C@@H](CO)c2ccccc2)c2nnn(C(C)C)c2n1. The maximum atomic E-state index is 9.94. The summed E-state index contributed by atoms with van der Waals surface area (Å²) in [4.78, 5) is 9.18. The molecule has 0 radical (unpaired) electrons. The van der Waals surface area contributed by atoms with E-state index in [0.717, 1.165) is 5.56 Å². The Hall–Kier alpha value is -2.78. The van der Waals surface area contributed by atoms with Crippen LogP contribution < -0.4 is 10.6 Å². The van der Waals surface area contributed by atoms with Gasteiger partial charge in [0.15, 0.2) is 17.0 Å². The molecule has 0 aliphatic rings. The predicted molar refractivity (Wildman–Crippen MR) is 113 cm³/mol. The molecule has 2 heterocycles. The van der Waals surface area contributed by atoms with Crippen LogP contribution in [0, 0.1) is 5.92 Å². The quantitative estimate of drug-likeness (QED) is 0.433. The van der Waals surface area contributed by atoms with Crippen molar-refractivity contribution in [3.8, 4) is 0 Å². The fraction of sp³-hybridized carbons (Fsp3) is 0.500. The molecule has 3 rings (SSSR count). The molecule has 0 amide bonds. The Bertz CT molecular complexity index is 927. The van der Waals surface area contributed by atoms with Gasteiger partial charge >= 0.3 is 0 Å². The van der Waals surface area contributed by atoms with Crippen LogP contribution in [0.4, 0.5) is 11.8 Å². The Labute approximate surface area is 170 Å². The van der Waals surface area contributed by atoms with E-state index >= 15 is 0 Å². The zero-order chi connectivity index (χ0) is 21.0. The molecule has 0 aliphatic heterocycles. The average Bonchev–Trinajstić information content (AvgIpc) is 3.15. The van der Waals surface area contributed by atoms with Crippen LogP contribution in [0.1, 0.15) is 45.3 Å². The molecule has 0 spiro atoms. The van der Waals surface area contributed by atoms with Crippen LogP contribution in [0.25, 0.3) is 11.2 Å². The third-order valence-corrected chi connectivity index (χ3v) is 4.82. The lowest BCUT2D eigenvalue weighted by atomic mass is 10.1. The predicted octanol–water partition coefficient (Wildman–Crippen LogP) is 2.38. The number of nitrogens with zero attached hydrogens (tertiary/aromatic N) is 5. The average molecular weight is 399 g/mol. The zero-order valence-electron chi connectivity index (χ0n) is 17.2. The summed E-state index contributed by atoms with van der Waals surface area (Å²) in [6.07, 6.45) is 0. The highest BCUT2D eigenvalue weighted by Crippen LogP contribution is 2.26. The van der Waals surface area contributed by atoms with Crippen LogP contribution in [-0.4, -0.2) is 54.4 Å². The summed E-state index contributed by atoms with van der Waals surface area (Å²) in [6, 6.07) is 9.18. The molecular weight excluding hydrogens is 370 g/mol. The molecule has 0 bridgehead atoms. The molecule has 0 saturated carbocycles. The van der Waals surface area contributed by atoms with Gasteiger partial charge in [-0.25, -0.2) is 4.68 Å². The van der Waals surface area contributed by atoms with Gasteiger partial charge in [-0.2, -0.15) is 9.97 Å². The minimum atomic E-state index is -0.356. The first-order valence-corrected chi connectivity index (χ1v) is 9.87. The monoisotopic (exact) mass is 399 g/mol. The molecule has 0 aliphatic carbocycles. The van der Waals surface area contributed by atoms with Gasteiger partial charge in [0.05, 0.1) is 31.3 Å². The molecule has 4 N–H and O–H groups in total. The van der Waals surface area contributed by atoms with Crippen molar-refractivity contribution < 1.29 is 10.2 Å². The number of rotatable bonds is 9. The maximum Gasteiger partial charge on any atom is 0.227 e. The van der Waals surface area contributed by atoms with Crippen molar-refractivity contribution in [3.63, 3.8) is 0 Å². The van der Waals surface area contributed by atoms with Gasteiger partial charge in [-0.3, -0.25) is 0 Å². The lowest BCUT2D eigenvalue weighted by Crippen LogP contribution is -2.30. The first-order valence-electron chi connectivity index (χ1n) is 9.87. The molecular formula is C20H29N7O2. The number of fused-ring (bicyclic) bond motifs is 1. The van der Waals surface area contributed by atoms with Gasteiger partial charge in [0, 0.05) is 0 Å². The minimum Gasteiger partial charge on any atom is -0.394 e. The first-order chi connectivity index (χ1) is 13.9. The summed E-state index contributed by atoms with van der Waals surface area (Å²) < 4.78 is 1.73. The van der Waals surface area contributed by atoms with Crippen molar-refractivity contribution in [3.05, 3.63) is 35.9 Å². The molecule has 29 heavy (non-hydrogen) atoms. The highest BCUT2D eigenvalue weighted by molar-refractivity contribution is 5.83. The summed E-state index contributed by atoms with van der Waals surface area (Å²) in [5, 5.41) is 34.6. The van der Waals surface area contributed by atoms with Crippen molar-refractivity contribution in [2.45, 2.75) is 45.8 Å². The fourth-order valence-electron chi connectivity index (χ4n) is 3.02. The van der Waals surface area contributed by atoms with E-state index in [1.807, 2.05) is 58.0 Å². The van der Waals surface area contributed by atoms with Crippen molar-refractivity contribution in [2.75, 3.05) is 23.8 Å². The van der Waals surface area contributed by atoms with E-state index in [2.05, 4.69) is 30.9 Å². The largest absolute Gasteiger partial charge is 0.394 e. The van der Waals surface area contributed by atoms with E-state index in [1.54, 1.807) is 4.68 Å². The number of aliphatic hydroxyl groups is 2. The van der Waals surface area contributed by atoms with Crippen LogP contribution in [0.3, 0.4) is 0 Å². The van der Waals surface area contributed by atoms with Gasteiger partial charge in [-0.05, 0) is 25.3 Å². The maximum absolute atomic E-state index is 9.94. The van der Waals surface area contributed by atoms with Crippen LogP contribution in [0.2, 0.25) is 0 Å². The standard InChI is InChI=1S/C20H29N7O2/c1-12(2)15(10-28)22-20-23-18(17-19(24-20)27(13(3)4)26-25-17)21-16(11-29)14-8-6-5-7-9-14/h5-9,12-13,15-16,28-29H,10-11H2,1-4H3,(H2,21,22,23,24)/t15?,16-/m0/s1. The van der Waals surface area contributed by atoms with Gasteiger partial charge < -0.3 is 20.8 Å². The fourth-order valence-corrected chi connectivity index (χ4v) is 3.02.